The van der Waals surface area contributed by atoms with Crippen molar-refractivity contribution < 1.29 is 0 Å². The molecule has 0 saturated carbocycles. The van der Waals surface area contributed by atoms with Gasteiger partial charge in [-0.2, -0.15) is 5.10 Å². The smallest absolute Gasteiger partial charge is 0.148 e. The molecule has 0 radical (unpaired) electrons. The molecule has 0 unspecified atom stereocenters. The van der Waals surface area contributed by atoms with Gasteiger partial charge in [-0.25, -0.2) is 4.68 Å². The number of hydrogen-bond acceptors (Lipinski definition) is 2. The van der Waals surface area contributed by atoms with E-state index in [0.29, 0.717) is 5.82 Å². The highest BCUT2D eigenvalue weighted by molar-refractivity contribution is 5.41. The summed E-state index contributed by atoms with van der Waals surface area (Å²) in [5.74, 6) is 0.595. The first-order valence-electron chi connectivity index (χ1n) is 5.61. The molecule has 1 heterocycles. The van der Waals surface area contributed by atoms with E-state index in [1.807, 2.05) is 17.8 Å². The van der Waals surface area contributed by atoms with Crippen LogP contribution in [0.5, 0.6) is 0 Å². The molecule has 0 spiro atoms. The zero-order chi connectivity index (χ0) is 11.5. The molecular weight excluding hydrogens is 198 g/mol. The fourth-order valence-electron chi connectivity index (χ4n) is 1.71. The summed E-state index contributed by atoms with van der Waals surface area (Å²) < 4.78 is 1.82. The molecule has 84 valence electrons. The quantitative estimate of drug-likeness (QED) is 0.855. The lowest BCUT2D eigenvalue weighted by Crippen LogP contribution is -1.96. The Labute approximate surface area is 95.9 Å². The molecule has 2 N–H and O–H groups in total. The Kier molecular flexibility index (Phi) is 2.95. The van der Waals surface area contributed by atoms with Crippen molar-refractivity contribution in [1.82, 2.24) is 9.78 Å². The number of nitrogen functional groups attached to an aromatic ring is 1. The van der Waals surface area contributed by atoms with Gasteiger partial charge in [-0.15, -0.1) is 0 Å². The molecule has 0 saturated heterocycles. The number of hydrogen-bond donors (Lipinski definition) is 1. The van der Waals surface area contributed by atoms with E-state index in [0.717, 1.165) is 17.7 Å². The van der Waals surface area contributed by atoms with Crippen LogP contribution in [0.1, 0.15) is 24.5 Å². The molecule has 1 aromatic carbocycles. The van der Waals surface area contributed by atoms with Crippen molar-refractivity contribution in [1.29, 1.82) is 0 Å². The summed E-state index contributed by atoms with van der Waals surface area (Å²) >= 11 is 0. The van der Waals surface area contributed by atoms with Gasteiger partial charge in [0.05, 0.1) is 5.69 Å². The van der Waals surface area contributed by atoms with Crippen molar-refractivity contribution in [3.63, 3.8) is 0 Å². The van der Waals surface area contributed by atoms with Gasteiger partial charge in [0.2, 0.25) is 0 Å². The molecule has 0 fully saturated rings. The van der Waals surface area contributed by atoms with Crippen LogP contribution in [-0.4, -0.2) is 9.78 Å². The maximum atomic E-state index is 5.72. The summed E-state index contributed by atoms with van der Waals surface area (Å²) in [5, 5.41) is 4.25. The summed E-state index contributed by atoms with van der Waals surface area (Å²) in [6, 6.07) is 8.45. The van der Waals surface area contributed by atoms with Crippen LogP contribution in [0, 0.1) is 6.92 Å². The first-order valence-corrected chi connectivity index (χ1v) is 5.61. The first kappa shape index (κ1) is 10.7. The van der Waals surface area contributed by atoms with E-state index in [4.69, 9.17) is 5.73 Å². The SMILES string of the molecule is CCCc1ccc(-n2cc(C)c(N)n2)cc1. The average Bonchev–Trinajstić information content (AvgIpc) is 2.61. The topological polar surface area (TPSA) is 43.8 Å². The lowest BCUT2D eigenvalue weighted by Gasteiger charge is -2.03. The van der Waals surface area contributed by atoms with Crippen molar-refractivity contribution in [3.05, 3.63) is 41.6 Å². The molecule has 16 heavy (non-hydrogen) atoms. The summed E-state index contributed by atoms with van der Waals surface area (Å²) in [4.78, 5) is 0. The monoisotopic (exact) mass is 215 g/mol. The molecule has 2 aromatic rings. The van der Waals surface area contributed by atoms with Crippen LogP contribution in [0.25, 0.3) is 5.69 Å². The highest BCUT2D eigenvalue weighted by Gasteiger charge is 2.02. The minimum absolute atomic E-state index is 0.595. The predicted octanol–water partition coefficient (Wildman–Crippen LogP) is 2.72. The number of aromatic nitrogens is 2. The van der Waals surface area contributed by atoms with E-state index in [-0.39, 0.29) is 0 Å². The maximum Gasteiger partial charge on any atom is 0.148 e. The number of nitrogens with zero attached hydrogens (tertiary/aromatic N) is 2. The summed E-state index contributed by atoms with van der Waals surface area (Å²) in [6.07, 6.45) is 4.25. The third-order valence-electron chi connectivity index (χ3n) is 2.67. The Bertz CT molecular complexity index is 449. The van der Waals surface area contributed by atoms with Crippen LogP contribution in [0.15, 0.2) is 30.5 Å². The van der Waals surface area contributed by atoms with Gasteiger partial charge in [0.15, 0.2) is 0 Å². The van der Waals surface area contributed by atoms with Gasteiger partial charge < -0.3 is 5.73 Å². The van der Waals surface area contributed by atoms with Gasteiger partial charge in [0.1, 0.15) is 5.82 Å². The van der Waals surface area contributed by atoms with E-state index < -0.39 is 0 Å². The third kappa shape index (κ3) is 2.08. The lowest BCUT2D eigenvalue weighted by molar-refractivity contribution is 0.879. The van der Waals surface area contributed by atoms with Crippen LogP contribution in [0.3, 0.4) is 0 Å². The van der Waals surface area contributed by atoms with E-state index in [1.54, 1.807) is 0 Å². The largest absolute Gasteiger partial charge is 0.382 e. The molecule has 0 aliphatic carbocycles. The van der Waals surface area contributed by atoms with Gasteiger partial charge in [-0.05, 0) is 31.0 Å². The standard InChI is InChI=1S/C13H17N3/c1-3-4-11-5-7-12(8-6-11)16-9-10(2)13(14)15-16/h5-9H,3-4H2,1-2H3,(H2,14,15). The first-order chi connectivity index (χ1) is 7.70. The second-order valence-electron chi connectivity index (χ2n) is 4.06. The van der Waals surface area contributed by atoms with E-state index in [2.05, 4.69) is 36.3 Å². The summed E-state index contributed by atoms with van der Waals surface area (Å²) in [6.45, 7) is 4.15. The molecule has 0 aliphatic heterocycles. The van der Waals surface area contributed by atoms with Crippen molar-refractivity contribution in [3.8, 4) is 5.69 Å². The number of rotatable bonds is 3. The summed E-state index contributed by atoms with van der Waals surface area (Å²) in [5.41, 5.74) is 9.15. The third-order valence-corrected chi connectivity index (χ3v) is 2.67. The Morgan fingerprint density at radius 3 is 2.44 bits per heavy atom. The van der Waals surface area contributed by atoms with Gasteiger partial charge in [-0.1, -0.05) is 25.5 Å². The van der Waals surface area contributed by atoms with Crippen LogP contribution >= 0.6 is 0 Å². The number of benzene rings is 1. The minimum Gasteiger partial charge on any atom is -0.382 e. The normalized spacial score (nSPS) is 10.6. The minimum atomic E-state index is 0.595. The Morgan fingerprint density at radius 1 is 1.25 bits per heavy atom. The molecular formula is C13H17N3. The summed E-state index contributed by atoms with van der Waals surface area (Å²) in [7, 11) is 0. The second-order valence-corrected chi connectivity index (χ2v) is 4.06. The van der Waals surface area contributed by atoms with Crippen LogP contribution in [0.2, 0.25) is 0 Å². The van der Waals surface area contributed by atoms with E-state index in [1.165, 1.54) is 12.0 Å². The highest BCUT2D eigenvalue weighted by Crippen LogP contribution is 2.14. The average molecular weight is 215 g/mol. The zero-order valence-corrected chi connectivity index (χ0v) is 9.77. The van der Waals surface area contributed by atoms with Crippen LogP contribution in [-0.2, 0) is 6.42 Å². The van der Waals surface area contributed by atoms with Crippen molar-refractivity contribution in [2.45, 2.75) is 26.7 Å². The van der Waals surface area contributed by atoms with E-state index >= 15 is 0 Å². The molecule has 0 aliphatic rings. The predicted molar refractivity (Wildman–Crippen MR) is 66.7 cm³/mol. The number of nitrogens with two attached hydrogens (primary N) is 1. The van der Waals surface area contributed by atoms with Gasteiger partial charge in [-0.3, -0.25) is 0 Å². The highest BCUT2D eigenvalue weighted by atomic mass is 15.3. The fourth-order valence-corrected chi connectivity index (χ4v) is 1.71. The van der Waals surface area contributed by atoms with Crippen molar-refractivity contribution in [2.75, 3.05) is 5.73 Å². The second kappa shape index (κ2) is 4.39. The van der Waals surface area contributed by atoms with E-state index in [9.17, 15) is 0 Å². The molecule has 0 bridgehead atoms. The van der Waals surface area contributed by atoms with Gasteiger partial charge >= 0.3 is 0 Å². The number of aryl methyl sites for hydroxylation is 2. The molecule has 1 aromatic heterocycles. The van der Waals surface area contributed by atoms with Crippen molar-refractivity contribution in [2.24, 2.45) is 0 Å². The van der Waals surface area contributed by atoms with Gasteiger partial charge in [0, 0.05) is 11.8 Å². The Morgan fingerprint density at radius 2 is 1.94 bits per heavy atom. The maximum absolute atomic E-state index is 5.72. The van der Waals surface area contributed by atoms with Crippen LogP contribution < -0.4 is 5.73 Å². The fraction of sp³-hybridized carbons (Fsp3) is 0.308. The molecule has 0 atom stereocenters. The van der Waals surface area contributed by atoms with Crippen molar-refractivity contribution >= 4 is 5.82 Å². The van der Waals surface area contributed by atoms with Crippen LogP contribution in [0.4, 0.5) is 5.82 Å². The molecule has 3 heteroatoms. The van der Waals surface area contributed by atoms with Gasteiger partial charge in [0.25, 0.3) is 0 Å². The zero-order valence-electron chi connectivity index (χ0n) is 9.77. The lowest BCUT2D eigenvalue weighted by atomic mass is 10.1. The Balaban J connectivity index is 2.27. The molecule has 2 rings (SSSR count). The molecule has 3 nitrogen and oxygen atoms in total. The Hall–Kier alpha value is -1.77. The number of anilines is 1. The molecule has 0 amide bonds.